The monoisotopic (exact) mass is 374 g/mol. The number of nitrogens with zero attached hydrogens (tertiary/aromatic N) is 2. The van der Waals surface area contributed by atoms with Crippen molar-refractivity contribution in [1.29, 1.82) is 0 Å². The predicted molar refractivity (Wildman–Crippen MR) is 90.8 cm³/mol. The molecule has 0 saturated heterocycles. The van der Waals surface area contributed by atoms with Crippen molar-refractivity contribution in [2.45, 2.75) is 0 Å². The number of hydrogen-bond acceptors (Lipinski definition) is 3. The molecule has 2 aromatic carbocycles. The quantitative estimate of drug-likeness (QED) is 0.511. The summed E-state index contributed by atoms with van der Waals surface area (Å²) < 4.78 is 4.34. The van der Waals surface area contributed by atoms with Gasteiger partial charge in [-0.3, -0.25) is 0 Å². The van der Waals surface area contributed by atoms with Crippen LogP contribution in [-0.2, 0) is 0 Å². The molecule has 0 amide bonds. The van der Waals surface area contributed by atoms with Gasteiger partial charge >= 0.3 is 0 Å². The second-order valence-corrected chi connectivity index (χ2v) is 6.56. The lowest BCUT2D eigenvalue weighted by molar-refractivity contribution is 1.32. The molecule has 0 N–H and O–H groups in total. The van der Waals surface area contributed by atoms with E-state index < -0.39 is 0 Å². The van der Waals surface area contributed by atoms with Gasteiger partial charge in [0.05, 0.1) is 20.1 Å². The van der Waals surface area contributed by atoms with Gasteiger partial charge in [-0.15, -0.1) is 0 Å². The third-order valence-electron chi connectivity index (χ3n) is 2.77. The molecular weight excluding hydrogens is 370 g/mol. The molecule has 0 aliphatic heterocycles. The molecular formula is C14H6Cl4N2S. The lowest BCUT2D eigenvalue weighted by Crippen LogP contribution is -1.82. The van der Waals surface area contributed by atoms with Crippen molar-refractivity contribution >= 4 is 57.9 Å². The van der Waals surface area contributed by atoms with Crippen molar-refractivity contribution in [1.82, 2.24) is 9.36 Å². The van der Waals surface area contributed by atoms with E-state index in [1.54, 1.807) is 24.3 Å². The number of aromatic nitrogens is 2. The number of halogens is 4. The van der Waals surface area contributed by atoms with Crippen LogP contribution in [0.2, 0.25) is 20.1 Å². The minimum absolute atomic E-state index is 0.472. The van der Waals surface area contributed by atoms with Crippen LogP contribution in [0.25, 0.3) is 22.0 Å². The van der Waals surface area contributed by atoms with E-state index in [1.165, 1.54) is 11.5 Å². The molecule has 1 heterocycles. The molecule has 0 atom stereocenters. The van der Waals surface area contributed by atoms with Gasteiger partial charge < -0.3 is 0 Å². The zero-order valence-corrected chi connectivity index (χ0v) is 14.1. The maximum Gasteiger partial charge on any atom is 0.173 e. The molecule has 1 aromatic heterocycles. The minimum Gasteiger partial charge on any atom is -0.215 e. The van der Waals surface area contributed by atoms with Crippen molar-refractivity contribution in [3.05, 3.63) is 56.5 Å². The van der Waals surface area contributed by atoms with Crippen LogP contribution in [0.5, 0.6) is 0 Å². The number of rotatable bonds is 2. The molecule has 3 aromatic rings. The van der Waals surface area contributed by atoms with E-state index in [2.05, 4.69) is 9.36 Å². The second kappa shape index (κ2) is 6.11. The molecule has 7 heteroatoms. The Kier molecular flexibility index (Phi) is 4.38. The van der Waals surface area contributed by atoms with E-state index in [-0.39, 0.29) is 0 Å². The topological polar surface area (TPSA) is 25.8 Å². The summed E-state index contributed by atoms with van der Waals surface area (Å²) in [5, 5.41) is 2.73. The smallest absolute Gasteiger partial charge is 0.173 e. The van der Waals surface area contributed by atoms with Crippen LogP contribution in [0.3, 0.4) is 0 Å². The Bertz CT molecular complexity index is 750. The zero-order chi connectivity index (χ0) is 15.0. The van der Waals surface area contributed by atoms with Gasteiger partial charge in [-0.1, -0.05) is 52.5 Å². The fourth-order valence-electron chi connectivity index (χ4n) is 1.72. The first kappa shape index (κ1) is 15.1. The maximum absolute atomic E-state index is 6.02. The SMILES string of the molecule is Clc1ccc(-c2nsc(-c3ccc(Cl)c(Cl)c3)n2)cc1Cl. The molecule has 0 radical (unpaired) electrons. The minimum atomic E-state index is 0.472. The van der Waals surface area contributed by atoms with Gasteiger partial charge in [-0.05, 0) is 41.9 Å². The highest BCUT2D eigenvalue weighted by atomic mass is 35.5. The van der Waals surface area contributed by atoms with Crippen molar-refractivity contribution in [3.8, 4) is 22.0 Å². The summed E-state index contributed by atoms with van der Waals surface area (Å²) in [4.78, 5) is 4.50. The van der Waals surface area contributed by atoms with Crippen molar-refractivity contribution in [2.24, 2.45) is 0 Å². The van der Waals surface area contributed by atoms with Crippen LogP contribution < -0.4 is 0 Å². The van der Waals surface area contributed by atoms with Crippen LogP contribution in [0.1, 0.15) is 0 Å². The van der Waals surface area contributed by atoms with E-state index in [9.17, 15) is 0 Å². The summed E-state index contributed by atoms with van der Waals surface area (Å²) in [6.45, 7) is 0. The Morgan fingerprint density at radius 2 is 1.29 bits per heavy atom. The molecule has 106 valence electrons. The highest BCUT2D eigenvalue weighted by molar-refractivity contribution is 7.09. The highest BCUT2D eigenvalue weighted by Gasteiger charge is 2.11. The van der Waals surface area contributed by atoms with E-state index in [4.69, 9.17) is 46.4 Å². The van der Waals surface area contributed by atoms with Gasteiger partial charge in [0.25, 0.3) is 0 Å². The number of benzene rings is 2. The summed E-state index contributed by atoms with van der Waals surface area (Å²) in [6.07, 6.45) is 0. The van der Waals surface area contributed by atoms with Crippen molar-refractivity contribution in [2.75, 3.05) is 0 Å². The standard InChI is InChI=1S/C14H6Cl4N2S/c15-9-3-1-7(5-11(9)17)13-19-14(21-20-13)8-2-4-10(16)12(18)6-8/h1-6H. The van der Waals surface area contributed by atoms with Crippen LogP contribution in [-0.4, -0.2) is 9.36 Å². The molecule has 0 aliphatic rings. The Balaban J connectivity index is 1.99. The van der Waals surface area contributed by atoms with E-state index >= 15 is 0 Å². The molecule has 0 unspecified atom stereocenters. The second-order valence-electron chi connectivity index (χ2n) is 4.18. The Morgan fingerprint density at radius 3 is 1.90 bits per heavy atom. The molecule has 0 spiro atoms. The van der Waals surface area contributed by atoms with Crippen LogP contribution in [0.4, 0.5) is 0 Å². The fourth-order valence-corrected chi connectivity index (χ4v) is 3.00. The third-order valence-corrected chi connectivity index (χ3v) is 5.01. The highest BCUT2D eigenvalue weighted by Crippen LogP contribution is 2.32. The molecule has 0 bridgehead atoms. The van der Waals surface area contributed by atoms with Crippen molar-refractivity contribution < 1.29 is 0 Å². The van der Waals surface area contributed by atoms with Gasteiger partial charge in [-0.25, -0.2) is 4.98 Å². The van der Waals surface area contributed by atoms with E-state index in [1.807, 2.05) is 12.1 Å². The van der Waals surface area contributed by atoms with Crippen LogP contribution in [0, 0.1) is 0 Å². The first-order chi connectivity index (χ1) is 10.0. The van der Waals surface area contributed by atoms with Gasteiger partial charge in [0.1, 0.15) is 5.01 Å². The summed E-state index contributed by atoms with van der Waals surface area (Å²) >= 11 is 25.1. The van der Waals surface area contributed by atoms with Gasteiger partial charge in [0, 0.05) is 11.1 Å². The average molecular weight is 376 g/mol. The summed E-state index contributed by atoms with van der Waals surface area (Å²) in [5.41, 5.74) is 1.68. The van der Waals surface area contributed by atoms with Crippen LogP contribution >= 0.6 is 57.9 Å². The molecule has 0 saturated carbocycles. The maximum atomic E-state index is 6.02. The van der Waals surface area contributed by atoms with Gasteiger partial charge in [0.2, 0.25) is 0 Å². The lowest BCUT2D eigenvalue weighted by atomic mass is 10.2. The normalized spacial score (nSPS) is 10.9. The summed E-state index contributed by atoms with van der Waals surface area (Å²) in [6, 6.07) is 10.6. The first-order valence-electron chi connectivity index (χ1n) is 5.79. The lowest BCUT2D eigenvalue weighted by Gasteiger charge is -1.99. The molecule has 0 aliphatic carbocycles. The first-order valence-corrected chi connectivity index (χ1v) is 8.07. The van der Waals surface area contributed by atoms with Gasteiger partial charge in [0.15, 0.2) is 5.82 Å². The molecule has 21 heavy (non-hydrogen) atoms. The Hall–Kier alpha value is -0.840. The zero-order valence-electron chi connectivity index (χ0n) is 10.3. The fraction of sp³-hybridized carbons (Fsp3) is 0. The van der Waals surface area contributed by atoms with Gasteiger partial charge in [-0.2, -0.15) is 4.37 Å². The largest absolute Gasteiger partial charge is 0.215 e. The predicted octanol–water partition coefficient (Wildman–Crippen LogP) is 6.49. The molecule has 2 nitrogen and oxygen atoms in total. The van der Waals surface area contributed by atoms with E-state index in [0.717, 1.165) is 16.1 Å². The Labute approximate surface area is 145 Å². The van der Waals surface area contributed by atoms with Crippen LogP contribution in [0.15, 0.2) is 36.4 Å². The molecule has 3 rings (SSSR count). The third kappa shape index (κ3) is 3.17. The summed E-state index contributed by atoms with van der Waals surface area (Å²) in [7, 11) is 0. The molecule has 0 fully saturated rings. The van der Waals surface area contributed by atoms with Crippen molar-refractivity contribution in [3.63, 3.8) is 0 Å². The summed E-state index contributed by atoms with van der Waals surface area (Å²) in [5.74, 6) is 0.597. The van der Waals surface area contributed by atoms with E-state index in [0.29, 0.717) is 25.9 Å². The Morgan fingerprint density at radius 1 is 0.714 bits per heavy atom. The number of hydrogen-bond donors (Lipinski definition) is 0. The average Bonchev–Trinajstić information content (AvgIpc) is 2.94.